The van der Waals surface area contributed by atoms with Gasteiger partial charge in [-0.05, 0) is 11.1 Å². The molecule has 26 heavy (non-hydrogen) atoms. The van der Waals surface area contributed by atoms with Crippen LogP contribution < -0.4 is 0 Å². The molecule has 2 aromatic rings. The van der Waals surface area contributed by atoms with E-state index in [1.54, 1.807) is 48.5 Å². The van der Waals surface area contributed by atoms with E-state index in [2.05, 4.69) is 0 Å². The normalized spacial score (nSPS) is 34.6. The predicted molar refractivity (Wildman–Crippen MR) is 94.2 cm³/mol. The van der Waals surface area contributed by atoms with Gasteiger partial charge in [-0.25, -0.2) is 0 Å². The zero-order valence-corrected chi connectivity index (χ0v) is 14.3. The zero-order chi connectivity index (χ0) is 18.8. The first kappa shape index (κ1) is 19.0. The highest BCUT2D eigenvalue weighted by Gasteiger charge is 2.64. The summed E-state index contributed by atoms with van der Waals surface area (Å²) >= 11 is 0. The van der Waals surface area contributed by atoms with Gasteiger partial charge in [0.1, 0.15) is 17.8 Å². The Morgan fingerprint density at radius 1 is 0.769 bits per heavy atom. The lowest BCUT2D eigenvalue weighted by atomic mass is 9.68. The molecule has 0 saturated carbocycles. The first-order valence-electron chi connectivity index (χ1n) is 8.56. The predicted octanol–water partition coefficient (Wildman–Crippen LogP) is 0.00440. The van der Waals surface area contributed by atoms with Crippen LogP contribution in [-0.4, -0.2) is 61.8 Å². The average molecular weight is 360 g/mol. The Morgan fingerprint density at radius 2 is 1.23 bits per heavy atom. The Balaban J connectivity index is 2.02. The number of hydrogen-bond donors (Lipinski definition) is 5. The number of ether oxygens (including phenoxy) is 1. The fourth-order valence-corrected chi connectivity index (χ4v) is 3.58. The number of hydrogen-bond acceptors (Lipinski definition) is 6. The lowest BCUT2D eigenvalue weighted by molar-refractivity contribution is -0.364. The van der Waals surface area contributed by atoms with Gasteiger partial charge in [0.15, 0.2) is 11.9 Å². The van der Waals surface area contributed by atoms with Gasteiger partial charge in [0.25, 0.3) is 0 Å². The van der Waals surface area contributed by atoms with E-state index in [9.17, 15) is 25.5 Å². The van der Waals surface area contributed by atoms with Gasteiger partial charge in [0.2, 0.25) is 0 Å². The van der Waals surface area contributed by atoms with E-state index in [0.717, 1.165) is 0 Å². The minimum atomic E-state index is -2.17. The maximum Gasteiger partial charge on any atom is 0.187 e. The van der Waals surface area contributed by atoms with Crippen LogP contribution in [0.2, 0.25) is 0 Å². The molecule has 5 N–H and O–H groups in total. The highest BCUT2D eigenvalue weighted by Crippen LogP contribution is 2.41. The number of rotatable bonds is 5. The minimum absolute atomic E-state index is 0.116. The van der Waals surface area contributed by atoms with Gasteiger partial charge in [-0.3, -0.25) is 0 Å². The second-order valence-electron chi connectivity index (χ2n) is 6.83. The lowest BCUT2D eigenvalue weighted by Crippen LogP contribution is -2.76. The summed E-state index contributed by atoms with van der Waals surface area (Å²) in [7, 11) is 0. The lowest BCUT2D eigenvalue weighted by Gasteiger charge is -2.54. The van der Waals surface area contributed by atoms with Crippen molar-refractivity contribution in [3.05, 3.63) is 71.8 Å². The van der Waals surface area contributed by atoms with E-state index in [0.29, 0.717) is 11.1 Å². The van der Waals surface area contributed by atoms with Crippen molar-refractivity contribution < 1.29 is 30.3 Å². The van der Waals surface area contributed by atoms with Gasteiger partial charge in [-0.2, -0.15) is 0 Å². The summed E-state index contributed by atoms with van der Waals surface area (Å²) in [5, 5.41) is 53.3. The van der Waals surface area contributed by atoms with Gasteiger partial charge in [0, 0.05) is 12.8 Å². The van der Waals surface area contributed by atoms with Crippen molar-refractivity contribution in [2.45, 2.75) is 42.5 Å². The van der Waals surface area contributed by atoms with Crippen LogP contribution in [0.3, 0.4) is 0 Å². The second-order valence-corrected chi connectivity index (χ2v) is 6.83. The van der Waals surface area contributed by atoms with Crippen LogP contribution in [0.4, 0.5) is 0 Å². The van der Waals surface area contributed by atoms with Gasteiger partial charge in [-0.1, -0.05) is 60.7 Å². The quantitative estimate of drug-likeness (QED) is 0.514. The molecule has 1 aliphatic heterocycles. The highest BCUT2D eigenvalue weighted by atomic mass is 16.6. The topological polar surface area (TPSA) is 110 Å². The molecule has 1 aliphatic rings. The van der Waals surface area contributed by atoms with Gasteiger partial charge in [0.05, 0.1) is 6.61 Å². The van der Waals surface area contributed by atoms with Crippen LogP contribution >= 0.6 is 0 Å². The molecule has 0 radical (unpaired) electrons. The summed E-state index contributed by atoms with van der Waals surface area (Å²) in [6.45, 7) is -0.600. The third-order valence-corrected chi connectivity index (χ3v) is 5.12. The van der Waals surface area contributed by atoms with Crippen LogP contribution in [0.1, 0.15) is 11.1 Å². The third kappa shape index (κ3) is 3.27. The van der Waals surface area contributed by atoms with Crippen molar-refractivity contribution in [2.75, 3.05) is 6.61 Å². The van der Waals surface area contributed by atoms with Crippen LogP contribution in [0.25, 0.3) is 0 Å². The van der Waals surface area contributed by atoms with Crippen molar-refractivity contribution in [2.24, 2.45) is 0 Å². The molecule has 3 rings (SSSR count). The van der Waals surface area contributed by atoms with E-state index in [4.69, 9.17) is 4.74 Å². The molecule has 140 valence electrons. The average Bonchev–Trinajstić information content (AvgIpc) is 2.65. The first-order chi connectivity index (χ1) is 12.4. The molecule has 6 heteroatoms. The van der Waals surface area contributed by atoms with E-state index < -0.39 is 36.3 Å². The van der Waals surface area contributed by atoms with Crippen molar-refractivity contribution in [3.8, 4) is 0 Å². The Bertz CT molecular complexity index is 709. The van der Waals surface area contributed by atoms with E-state index in [1.165, 1.54) is 0 Å². The van der Waals surface area contributed by atoms with Gasteiger partial charge >= 0.3 is 0 Å². The maximum atomic E-state index is 11.4. The summed E-state index contributed by atoms with van der Waals surface area (Å²) in [5.74, 6) is 0. The molecular formula is C20H24O6. The van der Waals surface area contributed by atoms with Crippen LogP contribution in [0, 0.1) is 0 Å². The largest absolute Gasteiger partial charge is 0.394 e. The van der Waals surface area contributed by atoms with E-state index >= 15 is 0 Å². The fraction of sp³-hybridized carbons (Fsp3) is 0.400. The fourth-order valence-electron chi connectivity index (χ4n) is 3.58. The number of aliphatic hydroxyl groups is 5. The number of benzene rings is 2. The maximum absolute atomic E-state index is 11.4. The van der Waals surface area contributed by atoms with Crippen molar-refractivity contribution >= 4 is 0 Å². The summed E-state index contributed by atoms with van der Waals surface area (Å²) in [6.07, 6.45) is -4.83. The Labute approximate surface area is 151 Å². The smallest absolute Gasteiger partial charge is 0.187 e. The summed E-state index contributed by atoms with van der Waals surface area (Å²) in [4.78, 5) is 0. The van der Waals surface area contributed by atoms with Crippen LogP contribution in [0.5, 0.6) is 0 Å². The standard InChI is InChI=1S/C20H24O6/c21-13-16-17(22)19(24,11-14-7-3-1-4-8-14)20(25,18(23)26-16)12-15-9-5-2-6-10-15/h1-10,16-18,21-25H,11-13H2/t16-,17-,18+,19+,20+/m1/s1. The van der Waals surface area contributed by atoms with E-state index in [-0.39, 0.29) is 12.8 Å². The summed E-state index contributed by atoms with van der Waals surface area (Å²) in [6, 6.07) is 17.7. The first-order valence-corrected chi connectivity index (χ1v) is 8.56. The molecule has 2 aromatic carbocycles. The Kier molecular flexibility index (Phi) is 5.43. The van der Waals surface area contributed by atoms with E-state index in [1.807, 2.05) is 12.1 Å². The highest BCUT2D eigenvalue weighted by molar-refractivity contribution is 5.26. The number of aliphatic hydroxyl groups excluding tert-OH is 3. The monoisotopic (exact) mass is 360 g/mol. The molecular weight excluding hydrogens is 336 g/mol. The summed E-state index contributed by atoms with van der Waals surface area (Å²) < 4.78 is 5.21. The molecule has 0 unspecified atom stereocenters. The molecule has 0 aromatic heterocycles. The van der Waals surface area contributed by atoms with Gasteiger partial charge < -0.3 is 30.3 Å². The molecule has 1 saturated heterocycles. The Morgan fingerprint density at radius 3 is 1.69 bits per heavy atom. The molecule has 0 bridgehead atoms. The molecule has 5 atom stereocenters. The van der Waals surface area contributed by atoms with Crippen molar-refractivity contribution in [3.63, 3.8) is 0 Å². The minimum Gasteiger partial charge on any atom is -0.394 e. The van der Waals surface area contributed by atoms with Crippen LogP contribution in [0.15, 0.2) is 60.7 Å². The SMILES string of the molecule is OC[C@H]1O[C@H](O)[C@@](O)(Cc2ccccc2)[C@](O)(Cc2ccccc2)[C@@H]1O. The molecule has 1 heterocycles. The third-order valence-electron chi connectivity index (χ3n) is 5.12. The van der Waals surface area contributed by atoms with Crippen LogP contribution in [-0.2, 0) is 17.6 Å². The molecule has 0 amide bonds. The molecule has 0 spiro atoms. The summed E-state index contributed by atoms with van der Waals surface area (Å²) in [5.41, 5.74) is -2.96. The Hall–Kier alpha value is -1.80. The zero-order valence-electron chi connectivity index (χ0n) is 14.3. The van der Waals surface area contributed by atoms with Gasteiger partial charge in [-0.15, -0.1) is 0 Å². The molecule has 0 aliphatic carbocycles. The molecule has 6 nitrogen and oxygen atoms in total. The molecule has 1 fully saturated rings. The van der Waals surface area contributed by atoms with Crippen molar-refractivity contribution in [1.82, 2.24) is 0 Å². The second kappa shape index (κ2) is 7.44. The van der Waals surface area contributed by atoms with Crippen molar-refractivity contribution in [1.29, 1.82) is 0 Å².